The number of aromatic amines is 1. The van der Waals surface area contributed by atoms with E-state index in [0.29, 0.717) is 0 Å². The zero-order valence-corrected chi connectivity index (χ0v) is 22.5. The van der Waals surface area contributed by atoms with Gasteiger partial charge in [0.25, 0.3) is 0 Å². The Balaban J connectivity index is 1.70. The maximum absolute atomic E-state index is 6.40. The Morgan fingerprint density at radius 1 is 0.757 bits per heavy atom. The molecule has 3 aromatic carbocycles. The number of aromatic nitrogens is 1. The second-order valence-corrected chi connectivity index (χ2v) is 10.4. The van der Waals surface area contributed by atoms with E-state index in [1.54, 1.807) is 0 Å². The largest absolute Gasteiger partial charge is 0.458 e. The molecule has 0 saturated carbocycles. The summed E-state index contributed by atoms with van der Waals surface area (Å²) in [6.45, 7) is 13.6. The zero-order valence-electron chi connectivity index (χ0n) is 22.5. The molecule has 0 amide bonds. The van der Waals surface area contributed by atoms with E-state index in [1.807, 2.05) is 0 Å². The molecule has 1 aromatic heterocycles. The minimum absolute atomic E-state index is 0.0368. The molecule has 0 radical (unpaired) electrons. The SMILES string of the molecule is CC1=C(C)C(C)N(B2c3ccccc3Oc3ccccc32)/C1=C(/c1ccccc1)c1[nH]c(C)c(C)c1C. The average molecular weight is 484 g/mol. The number of fused-ring (bicyclic) bond motifs is 2. The van der Waals surface area contributed by atoms with E-state index in [4.69, 9.17) is 4.74 Å². The van der Waals surface area contributed by atoms with Gasteiger partial charge in [-0.05, 0) is 92.4 Å². The standard InChI is InChI=1S/C33H33BN2O/c1-20-22(3)32(35-24(20)5)31(26-14-8-7-9-15-26)33-23(4)21(2)25(6)36(33)34-27-16-10-12-18-29(27)37-30-19-13-11-17-28(30)34/h7-19,25,35H,1-6H3/b33-31-. The van der Waals surface area contributed by atoms with Crippen LogP contribution in [0.25, 0.3) is 5.57 Å². The fourth-order valence-corrected chi connectivity index (χ4v) is 6.05. The fourth-order valence-electron chi connectivity index (χ4n) is 6.05. The van der Waals surface area contributed by atoms with Crippen LogP contribution >= 0.6 is 0 Å². The van der Waals surface area contributed by atoms with Crippen molar-refractivity contribution in [2.75, 3.05) is 0 Å². The molecule has 2 aliphatic rings. The predicted molar refractivity (Wildman–Crippen MR) is 155 cm³/mol. The topological polar surface area (TPSA) is 28.3 Å². The normalized spacial score (nSPS) is 18.1. The van der Waals surface area contributed by atoms with Crippen LogP contribution in [0.5, 0.6) is 11.5 Å². The van der Waals surface area contributed by atoms with Gasteiger partial charge >= 0.3 is 6.85 Å². The second kappa shape index (κ2) is 8.88. The second-order valence-electron chi connectivity index (χ2n) is 10.4. The van der Waals surface area contributed by atoms with E-state index < -0.39 is 0 Å². The summed E-state index contributed by atoms with van der Waals surface area (Å²) >= 11 is 0. The highest BCUT2D eigenvalue weighted by Crippen LogP contribution is 2.43. The Bertz CT molecular complexity index is 1530. The summed E-state index contributed by atoms with van der Waals surface area (Å²) in [6.07, 6.45) is 0. The van der Waals surface area contributed by atoms with Crippen LogP contribution in [0.4, 0.5) is 0 Å². The first-order valence-electron chi connectivity index (χ1n) is 13.2. The molecule has 0 spiro atoms. The van der Waals surface area contributed by atoms with Crippen LogP contribution in [-0.2, 0) is 0 Å². The molecule has 1 unspecified atom stereocenters. The first-order chi connectivity index (χ1) is 17.9. The molecule has 4 heteroatoms. The number of allylic oxidation sites excluding steroid dienone is 1. The van der Waals surface area contributed by atoms with Crippen LogP contribution in [0.1, 0.15) is 48.8 Å². The van der Waals surface area contributed by atoms with E-state index in [1.165, 1.54) is 61.4 Å². The molecule has 3 heterocycles. The Hall–Kier alpha value is -3.92. The van der Waals surface area contributed by atoms with Gasteiger partial charge in [-0.3, -0.25) is 0 Å². The van der Waals surface area contributed by atoms with Crippen molar-refractivity contribution in [1.82, 2.24) is 9.79 Å². The molecule has 184 valence electrons. The van der Waals surface area contributed by atoms with Gasteiger partial charge in [-0.15, -0.1) is 0 Å². The molecule has 4 aromatic rings. The van der Waals surface area contributed by atoms with Crippen molar-refractivity contribution in [2.45, 2.75) is 47.6 Å². The molecule has 0 fully saturated rings. The van der Waals surface area contributed by atoms with Crippen molar-refractivity contribution < 1.29 is 4.74 Å². The van der Waals surface area contributed by atoms with Crippen LogP contribution in [-0.4, -0.2) is 22.7 Å². The molecule has 1 atom stereocenters. The van der Waals surface area contributed by atoms with Gasteiger partial charge < -0.3 is 14.5 Å². The predicted octanol–water partition coefficient (Wildman–Crippen LogP) is 6.65. The van der Waals surface area contributed by atoms with Gasteiger partial charge in [0.2, 0.25) is 0 Å². The molecule has 3 nitrogen and oxygen atoms in total. The van der Waals surface area contributed by atoms with Crippen LogP contribution in [0, 0.1) is 20.8 Å². The number of ether oxygens (including phenoxy) is 1. The van der Waals surface area contributed by atoms with Gasteiger partial charge in [0.05, 0.1) is 5.69 Å². The van der Waals surface area contributed by atoms with Crippen molar-refractivity contribution in [1.29, 1.82) is 0 Å². The summed E-state index contributed by atoms with van der Waals surface area (Å²) in [5.41, 5.74) is 14.0. The summed E-state index contributed by atoms with van der Waals surface area (Å²) in [7, 11) is 0. The van der Waals surface area contributed by atoms with Gasteiger partial charge in [0.15, 0.2) is 0 Å². The smallest absolute Gasteiger partial charge is 0.331 e. The highest BCUT2D eigenvalue weighted by Gasteiger charge is 2.44. The van der Waals surface area contributed by atoms with Crippen LogP contribution in [0.15, 0.2) is 95.7 Å². The summed E-state index contributed by atoms with van der Waals surface area (Å²) in [4.78, 5) is 6.41. The monoisotopic (exact) mass is 484 g/mol. The van der Waals surface area contributed by atoms with E-state index in [9.17, 15) is 0 Å². The van der Waals surface area contributed by atoms with Crippen LogP contribution < -0.4 is 15.7 Å². The molecule has 0 bridgehead atoms. The van der Waals surface area contributed by atoms with Crippen molar-refractivity contribution in [3.63, 3.8) is 0 Å². The number of hydrogen-bond donors (Lipinski definition) is 1. The number of para-hydroxylation sites is 2. The number of hydrogen-bond acceptors (Lipinski definition) is 2. The van der Waals surface area contributed by atoms with Crippen molar-refractivity contribution in [3.05, 3.63) is 124 Å². The highest BCUT2D eigenvalue weighted by molar-refractivity contribution is 6.85. The van der Waals surface area contributed by atoms with E-state index in [-0.39, 0.29) is 12.9 Å². The van der Waals surface area contributed by atoms with Gasteiger partial charge in [-0.1, -0.05) is 66.7 Å². The van der Waals surface area contributed by atoms with E-state index in [2.05, 4.69) is 130 Å². The first kappa shape index (κ1) is 23.5. The summed E-state index contributed by atoms with van der Waals surface area (Å²) in [6, 6.07) is 28.1. The molecule has 6 rings (SSSR count). The number of benzene rings is 3. The van der Waals surface area contributed by atoms with E-state index in [0.717, 1.165) is 11.5 Å². The summed E-state index contributed by atoms with van der Waals surface area (Å²) < 4.78 is 6.40. The Labute approximate surface area is 220 Å². The molecule has 2 aliphatic heterocycles. The minimum Gasteiger partial charge on any atom is -0.458 e. The van der Waals surface area contributed by atoms with Crippen LogP contribution in [0.2, 0.25) is 0 Å². The lowest BCUT2D eigenvalue weighted by Crippen LogP contribution is -2.59. The molecule has 0 saturated heterocycles. The Morgan fingerprint density at radius 3 is 1.89 bits per heavy atom. The molecule has 0 aliphatic carbocycles. The number of nitrogens with zero attached hydrogens (tertiary/aromatic N) is 1. The third-order valence-corrected chi connectivity index (χ3v) is 8.54. The third-order valence-electron chi connectivity index (χ3n) is 8.54. The van der Waals surface area contributed by atoms with Crippen molar-refractivity contribution in [3.8, 4) is 11.5 Å². The quantitative estimate of drug-likeness (QED) is 0.330. The zero-order chi connectivity index (χ0) is 25.8. The maximum atomic E-state index is 6.40. The minimum atomic E-state index is 0.0368. The van der Waals surface area contributed by atoms with Gasteiger partial charge in [0.1, 0.15) is 11.5 Å². The molecule has 37 heavy (non-hydrogen) atoms. The van der Waals surface area contributed by atoms with Crippen molar-refractivity contribution >= 4 is 23.3 Å². The Kier molecular flexibility index (Phi) is 5.64. The van der Waals surface area contributed by atoms with Gasteiger partial charge in [-0.25, -0.2) is 0 Å². The summed E-state index contributed by atoms with van der Waals surface area (Å²) in [5, 5.41) is 0. The first-order valence-corrected chi connectivity index (χ1v) is 13.2. The van der Waals surface area contributed by atoms with Gasteiger partial charge in [-0.2, -0.15) is 0 Å². The maximum Gasteiger partial charge on any atom is 0.331 e. The van der Waals surface area contributed by atoms with Crippen LogP contribution in [0.3, 0.4) is 0 Å². The lowest BCUT2D eigenvalue weighted by molar-refractivity contribution is 0.472. The number of rotatable bonds is 3. The number of H-pyrrole nitrogens is 1. The Morgan fingerprint density at radius 2 is 1.32 bits per heavy atom. The molecule has 1 N–H and O–H groups in total. The number of nitrogens with one attached hydrogen (secondary N) is 1. The molecular weight excluding hydrogens is 451 g/mol. The average Bonchev–Trinajstić information content (AvgIpc) is 3.30. The summed E-state index contributed by atoms with van der Waals surface area (Å²) in [5.74, 6) is 1.87. The fraction of sp³-hybridized carbons (Fsp3) is 0.212. The van der Waals surface area contributed by atoms with Gasteiger partial charge in [0, 0.05) is 23.0 Å². The molecular formula is C33H33BN2O. The van der Waals surface area contributed by atoms with E-state index >= 15 is 0 Å². The lowest BCUT2D eigenvalue weighted by atomic mass is 9.47. The number of aryl methyl sites for hydroxylation is 1. The third kappa shape index (κ3) is 3.58. The highest BCUT2D eigenvalue weighted by atomic mass is 16.5. The van der Waals surface area contributed by atoms with Crippen molar-refractivity contribution in [2.24, 2.45) is 0 Å². The lowest BCUT2D eigenvalue weighted by Gasteiger charge is -2.38.